The predicted molar refractivity (Wildman–Crippen MR) is 95.4 cm³/mol. The van der Waals surface area contributed by atoms with Crippen molar-refractivity contribution in [3.63, 3.8) is 0 Å². The summed E-state index contributed by atoms with van der Waals surface area (Å²) in [5.41, 5.74) is 2.82. The van der Waals surface area contributed by atoms with Crippen LogP contribution in [0.25, 0.3) is 11.3 Å². The molecule has 3 nitrogen and oxygen atoms in total. The fourth-order valence-corrected chi connectivity index (χ4v) is 2.50. The van der Waals surface area contributed by atoms with Gasteiger partial charge in [0.15, 0.2) is 0 Å². The fraction of sp³-hybridized carbons (Fsp3) is 0.200. The zero-order chi connectivity index (χ0) is 17.0. The average molecular weight is 321 g/mol. The van der Waals surface area contributed by atoms with Crippen molar-refractivity contribution in [1.29, 1.82) is 0 Å². The minimum atomic E-state index is -0.218. The van der Waals surface area contributed by atoms with Crippen LogP contribution in [0.5, 0.6) is 0 Å². The molecule has 0 aliphatic rings. The minimum Gasteiger partial charge on any atom is -0.368 e. The van der Waals surface area contributed by atoms with E-state index < -0.39 is 0 Å². The molecule has 1 N–H and O–H groups in total. The summed E-state index contributed by atoms with van der Waals surface area (Å²) in [6, 6.07) is 20.5. The number of rotatable bonds is 5. The van der Waals surface area contributed by atoms with Gasteiger partial charge in [0.1, 0.15) is 11.6 Å². The molecule has 122 valence electrons. The van der Waals surface area contributed by atoms with E-state index in [4.69, 9.17) is 0 Å². The van der Waals surface area contributed by atoms with Crippen LogP contribution in [-0.2, 0) is 5.41 Å². The van der Waals surface area contributed by atoms with Gasteiger partial charge in [0.05, 0.1) is 5.69 Å². The van der Waals surface area contributed by atoms with Gasteiger partial charge in [0, 0.05) is 17.5 Å². The average Bonchev–Trinajstić information content (AvgIpc) is 2.62. The lowest BCUT2D eigenvalue weighted by Gasteiger charge is -2.25. The van der Waals surface area contributed by atoms with Crippen molar-refractivity contribution in [3.8, 4) is 11.3 Å². The number of hydrogen-bond donors (Lipinski definition) is 1. The summed E-state index contributed by atoms with van der Waals surface area (Å²) in [6.45, 7) is 4.90. The Labute approximate surface area is 141 Å². The third-order valence-electron chi connectivity index (χ3n) is 4.07. The third-order valence-corrected chi connectivity index (χ3v) is 4.07. The second kappa shape index (κ2) is 6.79. The van der Waals surface area contributed by atoms with Crippen molar-refractivity contribution in [2.45, 2.75) is 19.3 Å². The van der Waals surface area contributed by atoms with Gasteiger partial charge in [-0.3, -0.25) is 0 Å². The smallest absolute Gasteiger partial charge is 0.148 e. The number of halogens is 1. The Kier molecular flexibility index (Phi) is 4.56. The van der Waals surface area contributed by atoms with E-state index in [0.29, 0.717) is 6.54 Å². The molecule has 1 aromatic heterocycles. The molecule has 2 aromatic carbocycles. The predicted octanol–water partition coefficient (Wildman–Crippen LogP) is 4.67. The first kappa shape index (κ1) is 16.1. The van der Waals surface area contributed by atoms with Crippen LogP contribution >= 0.6 is 0 Å². The molecule has 0 spiro atoms. The summed E-state index contributed by atoms with van der Waals surface area (Å²) < 4.78 is 13.1. The quantitative estimate of drug-likeness (QED) is 0.742. The Morgan fingerprint density at radius 2 is 1.58 bits per heavy atom. The van der Waals surface area contributed by atoms with Crippen LogP contribution in [0.3, 0.4) is 0 Å². The highest BCUT2D eigenvalue weighted by molar-refractivity contribution is 5.59. The standard InChI is InChI=1S/C20H20FN3/c1-20(2,16-8-10-17(21)11-9-16)14-22-19-13-12-18(23-24-19)15-6-4-3-5-7-15/h3-13H,14H2,1-2H3,(H,22,24). The van der Waals surface area contributed by atoms with E-state index in [9.17, 15) is 4.39 Å². The first-order chi connectivity index (χ1) is 11.5. The number of nitrogens with one attached hydrogen (secondary N) is 1. The molecule has 0 radical (unpaired) electrons. The largest absolute Gasteiger partial charge is 0.368 e. The van der Waals surface area contributed by atoms with Crippen molar-refractivity contribution < 1.29 is 4.39 Å². The van der Waals surface area contributed by atoms with E-state index in [1.54, 1.807) is 0 Å². The van der Waals surface area contributed by atoms with E-state index in [-0.39, 0.29) is 11.2 Å². The molecule has 0 amide bonds. The lowest BCUT2D eigenvalue weighted by Crippen LogP contribution is -2.28. The van der Waals surface area contributed by atoms with Crippen molar-refractivity contribution >= 4 is 5.82 Å². The van der Waals surface area contributed by atoms with Gasteiger partial charge >= 0.3 is 0 Å². The van der Waals surface area contributed by atoms with E-state index in [1.807, 2.05) is 54.6 Å². The Balaban J connectivity index is 1.67. The van der Waals surface area contributed by atoms with Crippen molar-refractivity contribution in [1.82, 2.24) is 10.2 Å². The van der Waals surface area contributed by atoms with Gasteiger partial charge in [-0.25, -0.2) is 4.39 Å². The summed E-state index contributed by atoms with van der Waals surface area (Å²) in [6.07, 6.45) is 0. The number of anilines is 1. The van der Waals surface area contributed by atoms with Crippen LogP contribution in [0.2, 0.25) is 0 Å². The Morgan fingerprint density at radius 1 is 0.875 bits per heavy atom. The van der Waals surface area contributed by atoms with Crippen LogP contribution in [0, 0.1) is 5.82 Å². The molecule has 3 aromatic rings. The highest BCUT2D eigenvalue weighted by atomic mass is 19.1. The van der Waals surface area contributed by atoms with Gasteiger partial charge in [0.2, 0.25) is 0 Å². The second-order valence-corrected chi connectivity index (χ2v) is 6.41. The molecule has 0 saturated heterocycles. The van der Waals surface area contributed by atoms with Crippen LogP contribution < -0.4 is 5.32 Å². The van der Waals surface area contributed by atoms with Crippen LogP contribution in [-0.4, -0.2) is 16.7 Å². The van der Waals surface area contributed by atoms with Crippen molar-refractivity contribution in [2.24, 2.45) is 0 Å². The summed E-state index contributed by atoms with van der Waals surface area (Å²) in [5.74, 6) is 0.509. The number of nitrogens with zero attached hydrogens (tertiary/aromatic N) is 2. The molecule has 1 heterocycles. The second-order valence-electron chi connectivity index (χ2n) is 6.41. The molecule has 0 unspecified atom stereocenters. The Hall–Kier alpha value is -2.75. The van der Waals surface area contributed by atoms with Gasteiger partial charge in [0.25, 0.3) is 0 Å². The van der Waals surface area contributed by atoms with Crippen molar-refractivity contribution in [3.05, 3.63) is 78.1 Å². The summed E-state index contributed by atoms with van der Waals surface area (Å²) in [5, 5.41) is 11.8. The highest BCUT2D eigenvalue weighted by Crippen LogP contribution is 2.24. The zero-order valence-electron chi connectivity index (χ0n) is 13.8. The van der Waals surface area contributed by atoms with Gasteiger partial charge < -0.3 is 5.32 Å². The lowest BCUT2D eigenvalue weighted by molar-refractivity contribution is 0.552. The van der Waals surface area contributed by atoms with E-state index >= 15 is 0 Å². The minimum absolute atomic E-state index is 0.145. The van der Waals surface area contributed by atoms with Gasteiger partial charge in [-0.15, -0.1) is 10.2 Å². The molecule has 0 aliphatic heterocycles. The molecular formula is C20H20FN3. The van der Waals surface area contributed by atoms with Gasteiger partial charge in [-0.2, -0.15) is 0 Å². The topological polar surface area (TPSA) is 37.8 Å². The molecule has 0 bridgehead atoms. The molecule has 0 saturated carbocycles. The van der Waals surface area contributed by atoms with E-state index in [1.165, 1.54) is 12.1 Å². The molecule has 0 fully saturated rings. The monoisotopic (exact) mass is 321 g/mol. The summed E-state index contributed by atoms with van der Waals surface area (Å²) >= 11 is 0. The first-order valence-corrected chi connectivity index (χ1v) is 7.94. The summed E-state index contributed by atoms with van der Waals surface area (Å²) in [4.78, 5) is 0. The lowest BCUT2D eigenvalue weighted by atomic mass is 9.84. The molecule has 0 atom stereocenters. The first-order valence-electron chi connectivity index (χ1n) is 7.94. The number of benzene rings is 2. The maximum Gasteiger partial charge on any atom is 0.148 e. The molecule has 24 heavy (non-hydrogen) atoms. The molecule has 3 rings (SSSR count). The number of hydrogen-bond acceptors (Lipinski definition) is 3. The van der Waals surface area contributed by atoms with Gasteiger partial charge in [-0.05, 0) is 29.8 Å². The maximum atomic E-state index is 13.1. The van der Waals surface area contributed by atoms with Crippen LogP contribution in [0.4, 0.5) is 10.2 Å². The van der Waals surface area contributed by atoms with E-state index in [2.05, 4.69) is 29.4 Å². The van der Waals surface area contributed by atoms with Crippen LogP contribution in [0.15, 0.2) is 66.7 Å². The molecular weight excluding hydrogens is 301 g/mol. The third kappa shape index (κ3) is 3.77. The molecule has 0 aliphatic carbocycles. The van der Waals surface area contributed by atoms with E-state index in [0.717, 1.165) is 22.6 Å². The van der Waals surface area contributed by atoms with Crippen molar-refractivity contribution in [2.75, 3.05) is 11.9 Å². The zero-order valence-corrected chi connectivity index (χ0v) is 13.8. The van der Waals surface area contributed by atoms with Crippen LogP contribution in [0.1, 0.15) is 19.4 Å². The Morgan fingerprint density at radius 3 is 2.21 bits per heavy atom. The molecule has 4 heteroatoms. The maximum absolute atomic E-state index is 13.1. The summed E-state index contributed by atoms with van der Waals surface area (Å²) in [7, 11) is 0. The number of aromatic nitrogens is 2. The highest BCUT2D eigenvalue weighted by Gasteiger charge is 2.20. The normalized spacial score (nSPS) is 11.3. The Bertz CT molecular complexity index is 781. The SMILES string of the molecule is CC(C)(CNc1ccc(-c2ccccc2)nn1)c1ccc(F)cc1. The van der Waals surface area contributed by atoms with Gasteiger partial charge in [-0.1, -0.05) is 56.3 Å². The fourth-order valence-electron chi connectivity index (χ4n) is 2.50.